The lowest BCUT2D eigenvalue weighted by atomic mass is 10.1. The molecule has 3 N–H and O–H groups in total. The first-order valence-corrected chi connectivity index (χ1v) is 11.0. The second-order valence-corrected chi connectivity index (χ2v) is 8.06. The number of rotatable bonds is 8. The number of halogens is 1. The average molecular weight is 466 g/mol. The Morgan fingerprint density at radius 1 is 1.09 bits per heavy atom. The lowest BCUT2D eigenvalue weighted by Crippen LogP contribution is -2.35. The van der Waals surface area contributed by atoms with Crippen LogP contribution in [0.15, 0.2) is 54.7 Å². The van der Waals surface area contributed by atoms with E-state index in [1.54, 1.807) is 48.4 Å². The summed E-state index contributed by atoms with van der Waals surface area (Å²) in [7, 11) is 0. The van der Waals surface area contributed by atoms with Crippen LogP contribution in [-0.4, -0.2) is 46.4 Å². The fourth-order valence-electron chi connectivity index (χ4n) is 3.56. The standard InChI is InChI=1S/C23H24ClN7O2/c1-15-28-20(13-21(29-15)30-19-4-2-3-9-25-19)26-10-11-27-23(33)16-12-22(32)31(14-16)18-7-5-17(24)6-8-18/h2-9,13,16H,10-12,14H2,1H3,(H,27,33)(H2,25,26,28,29,30). The number of pyridine rings is 1. The van der Waals surface area contributed by atoms with E-state index in [0.717, 1.165) is 5.69 Å². The second-order valence-electron chi connectivity index (χ2n) is 7.63. The van der Waals surface area contributed by atoms with Crippen LogP contribution in [-0.2, 0) is 9.59 Å². The van der Waals surface area contributed by atoms with Gasteiger partial charge < -0.3 is 20.9 Å². The van der Waals surface area contributed by atoms with Crippen molar-refractivity contribution >= 4 is 46.6 Å². The van der Waals surface area contributed by atoms with Crippen LogP contribution < -0.4 is 20.9 Å². The van der Waals surface area contributed by atoms with E-state index in [9.17, 15) is 9.59 Å². The summed E-state index contributed by atoms with van der Waals surface area (Å²) in [6, 6.07) is 14.4. The minimum Gasteiger partial charge on any atom is -0.368 e. The van der Waals surface area contributed by atoms with Crippen LogP contribution in [0.4, 0.5) is 23.1 Å². The van der Waals surface area contributed by atoms with Gasteiger partial charge in [0.1, 0.15) is 23.3 Å². The maximum absolute atomic E-state index is 12.6. The number of hydrogen-bond acceptors (Lipinski definition) is 7. The number of carbonyl (C=O) groups excluding carboxylic acids is 2. The summed E-state index contributed by atoms with van der Waals surface area (Å²) in [5, 5.41) is 9.83. The van der Waals surface area contributed by atoms with Crippen molar-refractivity contribution in [1.29, 1.82) is 0 Å². The van der Waals surface area contributed by atoms with Gasteiger partial charge in [0.25, 0.3) is 0 Å². The minimum atomic E-state index is -0.386. The van der Waals surface area contributed by atoms with Crippen molar-refractivity contribution in [2.75, 3.05) is 35.2 Å². The second kappa shape index (κ2) is 10.3. The van der Waals surface area contributed by atoms with Gasteiger partial charge >= 0.3 is 0 Å². The van der Waals surface area contributed by atoms with E-state index in [0.29, 0.717) is 47.9 Å². The van der Waals surface area contributed by atoms with Gasteiger partial charge in [0, 0.05) is 49.0 Å². The van der Waals surface area contributed by atoms with Crippen molar-refractivity contribution in [1.82, 2.24) is 20.3 Å². The molecule has 3 aromatic rings. The normalized spacial score (nSPS) is 15.4. The SMILES string of the molecule is Cc1nc(NCCNC(=O)C2CC(=O)N(c3ccc(Cl)cc3)C2)cc(Nc2ccccn2)n1. The molecule has 0 bridgehead atoms. The first-order valence-electron chi connectivity index (χ1n) is 10.6. The van der Waals surface area contributed by atoms with Crippen LogP contribution in [0.2, 0.25) is 5.02 Å². The van der Waals surface area contributed by atoms with Crippen LogP contribution in [0.3, 0.4) is 0 Å². The Kier molecular flexibility index (Phi) is 6.99. The number of nitrogens with zero attached hydrogens (tertiary/aromatic N) is 4. The van der Waals surface area contributed by atoms with Crippen LogP contribution in [0.25, 0.3) is 0 Å². The Labute approximate surface area is 196 Å². The predicted octanol–water partition coefficient (Wildman–Crippen LogP) is 3.16. The number of aryl methyl sites for hydroxylation is 1. The fourth-order valence-corrected chi connectivity index (χ4v) is 3.69. The highest BCUT2D eigenvalue weighted by Gasteiger charge is 2.34. The lowest BCUT2D eigenvalue weighted by molar-refractivity contribution is -0.126. The predicted molar refractivity (Wildman–Crippen MR) is 128 cm³/mol. The van der Waals surface area contributed by atoms with E-state index in [4.69, 9.17) is 11.6 Å². The maximum atomic E-state index is 12.6. The van der Waals surface area contributed by atoms with Crippen LogP contribution in [0.5, 0.6) is 0 Å². The summed E-state index contributed by atoms with van der Waals surface area (Å²) in [6.45, 7) is 3.04. The van der Waals surface area contributed by atoms with E-state index in [1.807, 2.05) is 18.2 Å². The summed E-state index contributed by atoms with van der Waals surface area (Å²) in [5.74, 6) is 1.96. The molecule has 0 saturated carbocycles. The molecule has 1 atom stereocenters. The van der Waals surface area contributed by atoms with Gasteiger partial charge in [0.05, 0.1) is 5.92 Å². The molecule has 1 aliphatic rings. The van der Waals surface area contributed by atoms with E-state index in [1.165, 1.54) is 0 Å². The third-order valence-corrected chi connectivity index (χ3v) is 5.38. The summed E-state index contributed by atoms with van der Waals surface area (Å²) in [6.07, 6.45) is 1.89. The number of carbonyl (C=O) groups is 2. The third-order valence-electron chi connectivity index (χ3n) is 5.12. The highest BCUT2D eigenvalue weighted by molar-refractivity contribution is 6.30. The summed E-state index contributed by atoms with van der Waals surface area (Å²) in [4.78, 5) is 39.5. The van der Waals surface area contributed by atoms with Crippen molar-refractivity contribution < 1.29 is 9.59 Å². The summed E-state index contributed by atoms with van der Waals surface area (Å²) in [5.41, 5.74) is 0.746. The molecule has 1 fully saturated rings. The molecular formula is C23H24ClN7O2. The lowest BCUT2D eigenvalue weighted by Gasteiger charge is -2.17. The zero-order valence-electron chi connectivity index (χ0n) is 18.1. The largest absolute Gasteiger partial charge is 0.368 e. The number of anilines is 4. The van der Waals surface area contributed by atoms with E-state index < -0.39 is 0 Å². The Balaban J connectivity index is 1.26. The van der Waals surface area contributed by atoms with Gasteiger partial charge in [-0.15, -0.1) is 0 Å². The zero-order valence-corrected chi connectivity index (χ0v) is 18.8. The van der Waals surface area contributed by atoms with Gasteiger partial charge in [-0.3, -0.25) is 9.59 Å². The van der Waals surface area contributed by atoms with Gasteiger partial charge in [0.15, 0.2) is 0 Å². The van der Waals surface area contributed by atoms with Crippen molar-refractivity contribution in [2.45, 2.75) is 13.3 Å². The molecule has 3 heterocycles. The fraction of sp³-hybridized carbons (Fsp3) is 0.261. The Hall–Kier alpha value is -3.72. The molecule has 2 aromatic heterocycles. The molecule has 170 valence electrons. The van der Waals surface area contributed by atoms with Gasteiger partial charge in [-0.05, 0) is 43.3 Å². The maximum Gasteiger partial charge on any atom is 0.227 e. The molecule has 0 aliphatic carbocycles. The smallest absolute Gasteiger partial charge is 0.227 e. The molecular weight excluding hydrogens is 442 g/mol. The molecule has 1 unspecified atom stereocenters. The molecule has 33 heavy (non-hydrogen) atoms. The number of nitrogens with one attached hydrogen (secondary N) is 3. The number of benzene rings is 1. The highest BCUT2D eigenvalue weighted by atomic mass is 35.5. The number of aromatic nitrogens is 3. The summed E-state index contributed by atoms with van der Waals surface area (Å²) >= 11 is 5.91. The quantitative estimate of drug-likeness (QED) is 0.438. The molecule has 0 radical (unpaired) electrons. The van der Waals surface area contributed by atoms with Crippen LogP contribution in [0.1, 0.15) is 12.2 Å². The third kappa shape index (κ3) is 5.95. The van der Waals surface area contributed by atoms with Gasteiger partial charge in [-0.2, -0.15) is 0 Å². The van der Waals surface area contributed by atoms with Gasteiger partial charge in [-0.1, -0.05) is 17.7 Å². The average Bonchev–Trinajstić information content (AvgIpc) is 3.19. The van der Waals surface area contributed by atoms with Crippen LogP contribution in [0, 0.1) is 12.8 Å². The van der Waals surface area contributed by atoms with E-state index >= 15 is 0 Å². The molecule has 2 amide bonds. The molecule has 1 aromatic carbocycles. The number of amides is 2. The van der Waals surface area contributed by atoms with Gasteiger partial charge in [-0.25, -0.2) is 15.0 Å². The Morgan fingerprint density at radius 2 is 1.88 bits per heavy atom. The Morgan fingerprint density at radius 3 is 2.64 bits per heavy atom. The number of hydrogen-bond donors (Lipinski definition) is 3. The van der Waals surface area contributed by atoms with Crippen molar-refractivity contribution in [3.63, 3.8) is 0 Å². The zero-order chi connectivity index (χ0) is 23.2. The molecule has 1 aliphatic heterocycles. The first-order chi connectivity index (χ1) is 16.0. The highest BCUT2D eigenvalue weighted by Crippen LogP contribution is 2.26. The van der Waals surface area contributed by atoms with E-state index in [-0.39, 0.29) is 24.2 Å². The molecule has 0 spiro atoms. The summed E-state index contributed by atoms with van der Waals surface area (Å²) < 4.78 is 0. The van der Waals surface area contributed by atoms with Crippen molar-refractivity contribution in [3.8, 4) is 0 Å². The van der Waals surface area contributed by atoms with Crippen LogP contribution >= 0.6 is 11.6 Å². The topological polar surface area (TPSA) is 112 Å². The van der Waals surface area contributed by atoms with E-state index in [2.05, 4.69) is 30.9 Å². The monoisotopic (exact) mass is 465 g/mol. The molecule has 4 rings (SSSR count). The van der Waals surface area contributed by atoms with Crippen molar-refractivity contribution in [3.05, 3.63) is 65.6 Å². The molecule has 10 heteroatoms. The Bertz CT molecular complexity index is 1130. The minimum absolute atomic E-state index is 0.0695. The molecule has 9 nitrogen and oxygen atoms in total. The first kappa shape index (κ1) is 22.5. The molecule has 1 saturated heterocycles. The van der Waals surface area contributed by atoms with Gasteiger partial charge in [0.2, 0.25) is 11.8 Å². The van der Waals surface area contributed by atoms with Crippen molar-refractivity contribution in [2.24, 2.45) is 5.92 Å².